The van der Waals surface area contributed by atoms with E-state index in [4.69, 9.17) is 14.8 Å². The van der Waals surface area contributed by atoms with Gasteiger partial charge < -0.3 is 20.3 Å². The maximum atomic E-state index is 13.3. The predicted molar refractivity (Wildman–Crippen MR) is 139 cm³/mol. The summed E-state index contributed by atoms with van der Waals surface area (Å²) in [5, 5.41) is 12.3. The smallest absolute Gasteiger partial charge is 0.249 e. The molecule has 3 aliphatic heterocycles. The Hall–Kier alpha value is -3.98. The van der Waals surface area contributed by atoms with Gasteiger partial charge in [0, 0.05) is 24.2 Å². The number of ether oxygens (including phenoxy) is 1. The van der Waals surface area contributed by atoms with E-state index < -0.39 is 0 Å². The van der Waals surface area contributed by atoms with Crippen molar-refractivity contribution in [2.75, 3.05) is 25.0 Å². The number of pyridine rings is 1. The number of rotatable bonds is 7. The molecule has 2 N–H and O–H groups in total. The number of amides is 1. The SMILES string of the molecule is CCc1nn(Cc2cccc(O[C@H]3CCNC3)n2)c2cccc(NC(=O)C3CN=C4C=CC=CN43)c12. The monoisotopic (exact) mass is 483 g/mol. The molecule has 36 heavy (non-hydrogen) atoms. The third-order valence-electron chi connectivity index (χ3n) is 6.77. The van der Waals surface area contributed by atoms with Gasteiger partial charge in [0.2, 0.25) is 11.8 Å². The van der Waals surface area contributed by atoms with Crippen LogP contribution in [0.4, 0.5) is 5.69 Å². The summed E-state index contributed by atoms with van der Waals surface area (Å²) in [5.41, 5.74) is 3.54. The highest BCUT2D eigenvalue weighted by Crippen LogP contribution is 2.29. The van der Waals surface area contributed by atoms with Gasteiger partial charge in [-0.05, 0) is 49.7 Å². The van der Waals surface area contributed by atoms with E-state index in [-0.39, 0.29) is 18.1 Å². The van der Waals surface area contributed by atoms with Crippen LogP contribution in [-0.4, -0.2) is 63.2 Å². The highest BCUT2D eigenvalue weighted by Gasteiger charge is 2.32. The Morgan fingerprint density at radius 1 is 1.22 bits per heavy atom. The molecule has 1 amide bonds. The van der Waals surface area contributed by atoms with Crippen molar-refractivity contribution in [1.29, 1.82) is 0 Å². The van der Waals surface area contributed by atoms with Crippen LogP contribution in [0, 0.1) is 0 Å². The molecule has 0 saturated carbocycles. The number of aromatic nitrogens is 3. The first-order chi connectivity index (χ1) is 17.7. The van der Waals surface area contributed by atoms with Crippen molar-refractivity contribution in [3.05, 3.63) is 72.2 Å². The van der Waals surface area contributed by atoms with Crippen LogP contribution in [0.3, 0.4) is 0 Å². The maximum Gasteiger partial charge on any atom is 0.249 e. The molecule has 1 aromatic carbocycles. The summed E-state index contributed by atoms with van der Waals surface area (Å²) in [6.07, 6.45) is 9.58. The van der Waals surface area contributed by atoms with Gasteiger partial charge >= 0.3 is 0 Å². The first-order valence-electron chi connectivity index (χ1n) is 12.5. The average Bonchev–Trinajstić information content (AvgIpc) is 3.64. The number of aliphatic imine (C=N–C) groups is 1. The van der Waals surface area contributed by atoms with Crippen molar-refractivity contribution < 1.29 is 9.53 Å². The molecule has 2 atom stereocenters. The second-order valence-electron chi connectivity index (χ2n) is 9.17. The number of aryl methyl sites for hydroxylation is 1. The summed E-state index contributed by atoms with van der Waals surface area (Å²) < 4.78 is 8.00. The molecule has 3 aromatic rings. The molecule has 6 rings (SSSR count). The molecule has 0 bridgehead atoms. The van der Waals surface area contributed by atoms with E-state index >= 15 is 0 Å². The molecule has 9 heteroatoms. The van der Waals surface area contributed by atoms with Crippen LogP contribution in [0.25, 0.3) is 10.9 Å². The van der Waals surface area contributed by atoms with Crippen LogP contribution in [0.15, 0.2) is 65.8 Å². The summed E-state index contributed by atoms with van der Waals surface area (Å²) in [6, 6.07) is 11.4. The Morgan fingerprint density at radius 2 is 2.14 bits per heavy atom. The molecule has 0 spiro atoms. The fourth-order valence-electron chi connectivity index (χ4n) is 4.98. The van der Waals surface area contributed by atoms with Gasteiger partial charge in [-0.2, -0.15) is 5.10 Å². The van der Waals surface area contributed by atoms with Crippen molar-refractivity contribution >= 4 is 28.3 Å². The Kier molecular flexibility index (Phi) is 5.98. The van der Waals surface area contributed by atoms with E-state index in [0.29, 0.717) is 19.0 Å². The van der Waals surface area contributed by atoms with Crippen LogP contribution in [0.5, 0.6) is 5.88 Å². The molecule has 1 fully saturated rings. The summed E-state index contributed by atoms with van der Waals surface area (Å²) in [7, 11) is 0. The lowest BCUT2D eigenvalue weighted by molar-refractivity contribution is -0.118. The zero-order chi connectivity index (χ0) is 24.5. The zero-order valence-electron chi connectivity index (χ0n) is 20.2. The van der Waals surface area contributed by atoms with Gasteiger partial charge in [-0.25, -0.2) is 4.98 Å². The normalized spacial score (nSPS) is 20.6. The van der Waals surface area contributed by atoms with Crippen LogP contribution in [0.2, 0.25) is 0 Å². The number of fused-ring (bicyclic) bond motifs is 2. The largest absolute Gasteiger partial charge is 0.473 e. The number of nitrogens with one attached hydrogen (secondary N) is 2. The number of benzene rings is 1. The number of carbonyl (C=O) groups excluding carboxylic acids is 1. The summed E-state index contributed by atoms with van der Waals surface area (Å²) >= 11 is 0. The Bertz CT molecular complexity index is 1380. The lowest BCUT2D eigenvalue weighted by Crippen LogP contribution is -2.41. The summed E-state index contributed by atoms with van der Waals surface area (Å²) in [4.78, 5) is 24.4. The number of allylic oxidation sites excluding steroid dienone is 2. The minimum Gasteiger partial charge on any atom is -0.473 e. The Balaban J connectivity index is 1.25. The molecule has 3 aliphatic rings. The van der Waals surface area contributed by atoms with E-state index in [1.54, 1.807) is 0 Å². The number of hydrogen-bond acceptors (Lipinski definition) is 7. The van der Waals surface area contributed by atoms with E-state index in [1.165, 1.54) is 0 Å². The van der Waals surface area contributed by atoms with Gasteiger partial charge in [-0.3, -0.25) is 14.5 Å². The third kappa shape index (κ3) is 4.26. The van der Waals surface area contributed by atoms with Gasteiger partial charge in [0.1, 0.15) is 18.0 Å². The Morgan fingerprint density at radius 3 is 3.00 bits per heavy atom. The molecule has 0 radical (unpaired) electrons. The van der Waals surface area contributed by atoms with Gasteiger partial charge in [0.15, 0.2) is 0 Å². The van der Waals surface area contributed by atoms with Crippen LogP contribution in [-0.2, 0) is 17.8 Å². The molecule has 2 aromatic heterocycles. The van der Waals surface area contributed by atoms with Gasteiger partial charge in [0.05, 0.1) is 35.7 Å². The van der Waals surface area contributed by atoms with Gasteiger partial charge in [-0.15, -0.1) is 0 Å². The second-order valence-corrected chi connectivity index (χ2v) is 9.17. The van der Waals surface area contributed by atoms with Gasteiger partial charge in [-0.1, -0.05) is 25.1 Å². The standard InChI is InChI=1S/C27H29N7O2/c1-2-20-26-21(31-27(35)23-16-29-24-10-3-4-14-33(23)24)8-6-9-22(26)34(32-20)17-18-7-5-11-25(30-18)36-19-12-13-28-15-19/h3-11,14,19,23,28H,2,12-13,15-17H2,1H3,(H,31,35)/t19-,23?/m0/s1. The minimum absolute atomic E-state index is 0.0797. The number of hydrogen-bond donors (Lipinski definition) is 2. The zero-order valence-corrected chi connectivity index (χ0v) is 20.2. The lowest BCUT2D eigenvalue weighted by atomic mass is 10.1. The van der Waals surface area contributed by atoms with Crippen LogP contribution < -0.4 is 15.4 Å². The second kappa shape index (κ2) is 9.58. The number of anilines is 1. The highest BCUT2D eigenvalue weighted by atomic mass is 16.5. The van der Waals surface area contributed by atoms with E-state index in [2.05, 4.69) is 22.5 Å². The maximum absolute atomic E-state index is 13.3. The lowest BCUT2D eigenvalue weighted by Gasteiger charge is -2.23. The molecule has 184 valence electrons. The molecule has 0 aliphatic carbocycles. The quantitative estimate of drug-likeness (QED) is 0.537. The Labute approximate surface area is 209 Å². The minimum atomic E-state index is -0.362. The molecule has 9 nitrogen and oxygen atoms in total. The molecule has 1 saturated heterocycles. The van der Waals surface area contributed by atoms with Gasteiger partial charge in [0.25, 0.3) is 0 Å². The molecular formula is C27H29N7O2. The molecular weight excluding hydrogens is 454 g/mol. The highest BCUT2D eigenvalue weighted by molar-refractivity contribution is 6.07. The summed E-state index contributed by atoms with van der Waals surface area (Å²) in [6.45, 7) is 4.85. The fraction of sp³-hybridized carbons (Fsp3) is 0.333. The first-order valence-corrected chi connectivity index (χ1v) is 12.5. The number of amidine groups is 1. The molecule has 5 heterocycles. The topological polar surface area (TPSA) is 96.7 Å². The first kappa shape index (κ1) is 22.5. The number of nitrogens with zero attached hydrogens (tertiary/aromatic N) is 5. The van der Waals surface area contributed by atoms with Crippen molar-refractivity contribution in [1.82, 2.24) is 25.0 Å². The predicted octanol–water partition coefficient (Wildman–Crippen LogP) is 2.89. The molecule has 1 unspecified atom stereocenters. The van der Waals surface area contributed by atoms with E-state index in [0.717, 1.165) is 59.7 Å². The van der Waals surface area contributed by atoms with E-state index in [1.807, 2.05) is 70.4 Å². The summed E-state index contributed by atoms with van der Waals surface area (Å²) in [5.74, 6) is 1.38. The van der Waals surface area contributed by atoms with Crippen molar-refractivity contribution in [2.45, 2.75) is 38.5 Å². The van der Waals surface area contributed by atoms with Crippen molar-refractivity contribution in [3.8, 4) is 5.88 Å². The van der Waals surface area contributed by atoms with E-state index in [9.17, 15) is 4.79 Å². The van der Waals surface area contributed by atoms with Crippen LogP contribution in [0.1, 0.15) is 24.7 Å². The van der Waals surface area contributed by atoms with Crippen molar-refractivity contribution in [3.63, 3.8) is 0 Å². The van der Waals surface area contributed by atoms with Crippen molar-refractivity contribution in [2.24, 2.45) is 4.99 Å². The van der Waals surface area contributed by atoms with Crippen LogP contribution >= 0.6 is 0 Å². The third-order valence-corrected chi connectivity index (χ3v) is 6.77. The average molecular weight is 484 g/mol. The fourth-order valence-corrected chi connectivity index (χ4v) is 4.98. The number of carbonyl (C=O) groups is 1.